The number of hydrogen-bond donors (Lipinski definition) is 1. The van der Waals surface area contributed by atoms with E-state index in [2.05, 4.69) is 36.5 Å². The molecule has 1 N–H and O–H groups in total. The zero-order chi connectivity index (χ0) is 13.0. The summed E-state index contributed by atoms with van der Waals surface area (Å²) >= 11 is 1.87. The van der Waals surface area contributed by atoms with Gasteiger partial charge in [-0.3, -0.25) is 0 Å². The van der Waals surface area contributed by atoms with Crippen molar-refractivity contribution in [2.45, 2.75) is 19.4 Å². The molecule has 0 fully saturated rings. The Hall–Kier alpha value is -1.32. The van der Waals surface area contributed by atoms with Gasteiger partial charge in [-0.25, -0.2) is 0 Å². The van der Waals surface area contributed by atoms with E-state index in [1.54, 1.807) is 7.11 Å². The molecule has 0 spiro atoms. The molecule has 0 saturated heterocycles. The van der Waals surface area contributed by atoms with Crippen molar-refractivity contribution in [2.75, 3.05) is 14.2 Å². The standard InChI is InChI=1S/C15H19NOS/c1-4-13-8-9-14(18-13)15(16-2)11-6-5-7-12(10-11)17-3/h5-10,15-16H,4H2,1-3H3. The summed E-state index contributed by atoms with van der Waals surface area (Å²) in [5.74, 6) is 0.903. The third-order valence-corrected chi connectivity index (χ3v) is 4.33. The SMILES string of the molecule is CCc1ccc(C(NC)c2cccc(OC)c2)s1. The van der Waals surface area contributed by atoms with Gasteiger partial charge in [-0.15, -0.1) is 11.3 Å². The van der Waals surface area contributed by atoms with Crippen LogP contribution in [0.25, 0.3) is 0 Å². The Morgan fingerprint density at radius 1 is 1.28 bits per heavy atom. The number of ether oxygens (including phenoxy) is 1. The van der Waals surface area contributed by atoms with E-state index in [1.807, 2.05) is 30.5 Å². The lowest BCUT2D eigenvalue weighted by atomic mass is 10.1. The predicted octanol–water partition coefficient (Wildman–Crippen LogP) is 3.63. The molecule has 1 atom stereocenters. The molecule has 2 rings (SSSR count). The average molecular weight is 261 g/mol. The van der Waals surface area contributed by atoms with Gasteiger partial charge in [0.2, 0.25) is 0 Å². The lowest BCUT2D eigenvalue weighted by Gasteiger charge is -2.15. The second kappa shape index (κ2) is 6.03. The quantitative estimate of drug-likeness (QED) is 0.887. The second-order valence-corrected chi connectivity index (χ2v) is 5.36. The molecule has 1 unspecified atom stereocenters. The molecule has 96 valence electrons. The van der Waals surface area contributed by atoms with Crippen LogP contribution in [0.15, 0.2) is 36.4 Å². The molecule has 1 heterocycles. The van der Waals surface area contributed by atoms with E-state index in [1.165, 1.54) is 15.3 Å². The Morgan fingerprint density at radius 3 is 2.72 bits per heavy atom. The normalized spacial score (nSPS) is 12.4. The highest BCUT2D eigenvalue weighted by Crippen LogP contribution is 2.30. The molecule has 1 aromatic heterocycles. The molecule has 3 heteroatoms. The summed E-state index contributed by atoms with van der Waals surface area (Å²) in [6.45, 7) is 2.19. The lowest BCUT2D eigenvalue weighted by molar-refractivity contribution is 0.414. The van der Waals surface area contributed by atoms with Crippen LogP contribution in [-0.2, 0) is 6.42 Å². The average Bonchev–Trinajstić information content (AvgIpc) is 2.88. The molecule has 0 aliphatic heterocycles. The van der Waals surface area contributed by atoms with Crippen molar-refractivity contribution in [3.63, 3.8) is 0 Å². The van der Waals surface area contributed by atoms with Crippen molar-refractivity contribution in [1.29, 1.82) is 0 Å². The molecular formula is C15H19NOS. The summed E-state index contributed by atoms with van der Waals surface area (Å²) in [4.78, 5) is 2.77. The van der Waals surface area contributed by atoms with Crippen molar-refractivity contribution in [3.05, 3.63) is 51.7 Å². The van der Waals surface area contributed by atoms with Gasteiger partial charge in [-0.05, 0) is 43.3 Å². The lowest BCUT2D eigenvalue weighted by Crippen LogP contribution is -2.16. The van der Waals surface area contributed by atoms with Crippen molar-refractivity contribution in [1.82, 2.24) is 5.32 Å². The highest BCUT2D eigenvalue weighted by molar-refractivity contribution is 7.12. The number of nitrogens with one attached hydrogen (secondary N) is 1. The highest BCUT2D eigenvalue weighted by Gasteiger charge is 2.14. The first kappa shape index (κ1) is 13.1. The van der Waals surface area contributed by atoms with E-state index >= 15 is 0 Å². The number of benzene rings is 1. The third-order valence-electron chi connectivity index (χ3n) is 3.03. The first-order chi connectivity index (χ1) is 8.78. The zero-order valence-corrected chi connectivity index (χ0v) is 11.9. The van der Waals surface area contributed by atoms with Crippen LogP contribution in [0.3, 0.4) is 0 Å². The summed E-state index contributed by atoms with van der Waals surface area (Å²) in [6, 6.07) is 12.9. The number of rotatable bonds is 5. The van der Waals surface area contributed by atoms with E-state index in [-0.39, 0.29) is 6.04 Å². The van der Waals surface area contributed by atoms with Crippen molar-refractivity contribution in [2.24, 2.45) is 0 Å². The fraction of sp³-hybridized carbons (Fsp3) is 0.333. The third kappa shape index (κ3) is 2.74. The molecule has 0 aliphatic carbocycles. The molecule has 0 radical (unpaired) electrons. The number of methoxy groups -OCH3 is 1. The van der Waals surface area contributed by atoms with Gasteiger partial charge in [0.1, 0.15) is 5.75 Å². The summed E-state index contributed by atoms with van der Waals surface area (Å²) in [7, 11) is 3.70. The Bertz CT molecular complexity index is 507. The monoisotopic (exact) mass is 261 g/mol. The summed E-state index contributed by atoms with van der Waals surface area (Å²) in [5, 5.41) is 3.38. The fourth-order valence-corrected chi connectivity index (χ4v) is 3.12. The summed E-state index contributed by atoms with van der Waals surface area (Å²) in [5.41, 5.74) is 1.24. The van der Waals surface area contributed by atoms with E-state index in [0.717, 1.165) is 12.2 Å². The van der Waals surface area contributed by atoms with Gasteiger partial charge < -0.3 is 10.1 Å². The highest BCUT2D eigenvalue weighted by atomic mass is 32.1. The van der Waals surface area contributed by atoms with Gasteiger partial charge in [0.25, 0.3) is 0 Å². The summed E-state index contributed by atoms with van der Waals surface area (Å²) < 4.78 is 5.29. The van der Waals surface area contributed by atoms with Crippen LogP contribution in [0.4, 0.5) is 0 Å². The molecule has 18 heavy (non-hydrogen) atoms. The van der Waals surface area contributed by atoms with E-state index in [9.17, 15) is 0 Å². The second-order valence-electron chi connectivity index (χ2n) is 4.16. The number of aryl methyl sites for hydroxylation is 1. The minimum absolute atomic E-state index is 0.241. The van der Waals surface area contributed by atoms with Gasteiger partial charge in [-0.1, -0.05) is 19.1 Å². The minimum Gasteiger partial charge on any atom is -0.497 e. The van der Waals surface area contributed by atoms with Crippen molar-refractivity contribution >= 4 is 11.3 Å². The molecule has 2 nitrogen and oxygen atoms in total. The number of thiophene rings is 1. The van der Waals surface area contributed by atoms with Gasteiger partial charge in [0.05, 0.1) is 13.2 Å². The van der Waals surface area contributed by atoms with Crippen LogP contribution < -0.4 is 10.1 Å². The largest absolute Gasteiger partial charge is 0.497 e. The van der Waals surface area contributed by atoms with Gasteiger partial charge in [0.15, 0.2) is 0 Å². The number of hydrogen-bond acceptors (Lipinski definition) is 3. The van der Waals surface area contributed by atoms with Gasteiger partial charge >= 0.3 is 0 Å². The Kier molecular flexibility index (Phi) is 4.39. The Morgan fingerprint density at radius 2 is 2.11 bits per heavy atom. The molecule has 0 aliphatic rings. The van der Waals surface area contributed by atoms with Crippen LogP contribution in [0, 0.1) is 0 Å². The van der Waals surface area contributed by atoms with Crippen LogP contribution in [-0.4, -0.2) is 14.2 Å². The first-order valence-corrected chi connectivity index (χ1v) is 7.00. The molecule has 2 aromatic rings. The molecule has 0 bridgehead atoms. The van der Waals surface area contributed by atoms with Crippen LogP contribution in [0.5, 0.6) is 5.75 Å². The van der Waals surface area contributed by atoms with Gasteiger partial charge in [-0.2, -0.15) is 0 Å². The maximum atomic E-state index is 5.29. The summed E-state index contributed by atoms with van der Waals surface area (Å²) in [6.07, 6.45) is 1.10. The predicted molar refractivity (Wildman–Crippen MR) is 77.6 cm³/mol. The molecule has 1 aromatic carbocycles. The minimum atomic E-state index is 0.241. The molecule has 0 saturated carbocycles. The van der Waals surface area contributed by atoms with Crippen LogP contribution in [0.2, 0.25) is 0 Å². The van der Waals surface area contributed by atoms with Crippen LogP contribution >= 0.6 is 11.3 Å². The first-order valence-electron chi connectivity index (χ1n) is 6.18. The topological polar surface area (TPSA) is 21.3 Å². The van der Waals surface area contributed by atoms with Crippen molar-refractivity contribution < 1.29 is 4.74 Å². The smallest absolute Gasteiger partial charge is 0.119 e. The maximum Gasteiger partial charge on any atom is 0.119 e. The van der Waals surface area contributed by atoms with E-state index in [4.69, 9.17) is 4.74 Å². The van der Waals surface area contributed by atoms with Crippen LogP contribution in [0.1, 0.15) is 28.3 Å². The molecule has 0 amide bonds. The van der Waals surface area contributed by atoms with E-state index < -0.39 is 0 Å². The maximum absolute atomic E-state index is 5.29. The zero-order valence-electron chi connectivity index (χ0n) is 11.1. The molecular weight excluding hydrogens is 242 g/mol. The Labute approximate surface area is 113 Å². The van der Waals surface area contributed by atoms with Gasteiger partial charge in [0, 0.05) is 9.75 Å². The van der Waals surface area contributed by atoms with Crippen molar-refractivity contribution in [3.8, 4) is 5.75 Å². The Balaban J connectivity index is 2.32. The van der Waals surface area contributed by atoms with E-state index in [0.29, 0.717) is 0 Å². The fourth-order valence-electron chi connectivity index (χ4n) is 2.03.